The molecule has 0 heterocycles. The highest BCUT2D eigenvalue weighted by atomic mass is 14.6. The van der Waals surface area contributed by atoms with Gasteiger partial charge in [0.1, 0.15) is 0 Å². The van der Waals surface area contributed by atoms with Gasteiger partial charge in [0.25, 0.3) is 0 Å². The fourth-order valence-electron chi connectivity index (χ4n) is 2.20. The van der Waals surface area contributed by atoms with Gasteiger partial charge in [-0.2, -0.15) is 0 Å². The monoisotopic (exact) mass is 225 g/mol. The fourth-order valence-corrected chi connectivity index (χ4v) is 2.20. The minimum absolute atomic E-state index is 0.950. The maximum absolute atomic E-state index is 6.12. The van der Waals surface area contributed by atoms with Gasteiger partial charge in [0, 0.05) is 5.69 Å². The lowest BCUT2D eigenvalue weighted by Crippen LogP contribution is -2.00. The predicted octanol–water partition coefficient (Wildman–Crippen LogP) is 3.67. The van der Waals surface area contributed by atoms with Gasteiger partial charge in [-0.15, -0.1) is 0 Å². The molecule has 1 heteroatoms. The number of hydrogen-bond donors (Lipinski definition) is 1. The molecule has 0 bridgehead atoms. The summed E-state index contributed by atoms with van der Waals surface area (Å²) in [5.41, 5.74) is 12.2. The Morgan fingerprint density at radius 1 is 0.941 bits per heavy atom. The zero-order chi connectivity index (χ0) is 12.3. The summed E-state index contributed by atoms with van der Waals surface area (Å²) in [6.07, 6.45) is 2.06. The van der Waals surface area contributed by atoms with Crippen LogP contribution in [0.15, 0.2) is 42.5 Å². The third-order valence-electron chi connectivity index (χ3n) is 3.14. The molecule has 0 fully saturated rings. The number of hydrogen-bond acceptors (Lipinski definition) is 1. The number of benzene rings is 2. The Hall–Kier alpha value is -1.76. The van der Waals surface area contributed by atoms with Crippen LogP contribution >= 0.6 is 0 Å². The molecule has 0 aliphatic carbocycles. The van der Waals surface area contributed by atoms with Gasteiger partial charge >= 0.3 is 0 Å². The van der Waals surface area contributed by atoms with Crippen LogP contribution in [0.25, 0.3) is 0 Å². The second-order valence-corrected chi connectivity index (χ2v) is 4.64. The molecule has 2 rings (SSSR count). The second-order valence-electron chi connectivity index (χ2n) is 4.64. The molecule has 0 aliphatic heterocycles. The zero-order valence-corrected chi connectivity index (χ0v) is 10.5. The first-order valence-corrected chi connectivity index (χ1v) is 6.06. The van der Waals surface area contributed by atoms with Gasteiger partial charge in [0.05, 0.1) is 0 Å². The summed E-state index contributed by atoms with van der Waals surface area (Å²) in [5, 5.41) is 0. The van der Waals surface area contributed by atoms with Gasteiger partial charge < -0.3 is 5.73 Å². The van der Waals surface area contributed by atoms with E-state index in [0.29, 0.717) is 0 Å². The minimum Gasteiger partial charge on any atom is -0.398 e. The minimum atomic E-state index is 0.950. The first-order chi connectivity index (χ1) is 8.16. The van der Waals surface area contributed by atoms with E-state index in [-0.39, 0.29) is 0 Å². The van der Waals surface area contributed by atoms with Gasteiger partial charge in [0.2, 0.25) is 0 Å². The van der Waals surface area contributed by atoms with Crippen molar-refractivity contribution in [3.8, 4) is 0 Å². The van der Waals surface area contributed by atoms with Crippen LogP contribution in [0.5, 0.6) is 0 Å². The zero-order valence-electron chi connectivity index (χ0n) is 10.5. The topological polar surface area (TPSA) is 26.0 Å². The lowest BCUT2D eigenvalue weighted by Gasteiger charge is -2.10. The van der Waals surface area contributed by atoms with E-state index < -0.39 is 0 Å². The van der Waals surface area contributed by atoms with Crippen molar-refractivity contribution in [3.63, 3.8) is 0 Å². The Labute approximate surface area is 103 Å². The average molecular weight is 225 g/mol. The summed E-state index contributed by atoms with van der Waals surface area (Å²) in [4.78, 5) is 0. The van der Waals surface area contributed by atoms with Crippen molar-refractivity contribution in [1.29, 1.82) is 0 Å². The van der Waals surface area contributed by atoms with E-state index in [0.717, 1.165) is 18.5 Å². The van der Waals surface area contributed by atoms with Crippen LogP contribution in [0.4, 0.5) is 5.69 Å². The fraction of sp³-hybridized carbons (Fsp3) is 0.250. The number of aryl methyl sites for hydroxylation is 4. The summed E-state index contributed by atoms with van der Waals surface area (Å²) in [6, 6.07) is 14.9. The molecule has 0 spiro atoms. The molecule has 17 heavy (non-hydrogen) atoms. The van der Waals surface area contributed by atoms with E-state index >= 15 is 0 Å². The Kier molecular flexibility index (Phi) is 3.48. The van der Waals surface area contributed by atoms with E-state index in [1.54, 1.807) is 0 Å². The largest absolute Gasteiger partial charge is 0.398 e. The number of anilines is 1. The van der Waals surface area contributed by atoms with E-state index in [9.17, 15) is 0 Å². The number of nitrogens with two attached hydrogens (primary N) is 1. The molecule has 0 aromatic heterocycles. The molecule has 1 nitrogen and oxygen atoms in total. The first-order valence-electron chi connectivity index (χ1n) is 6.06. The Morgan fingerprint density at radius 2 is 1.65 bits per heavy atom. The van der Waals surface area contributed by atoms with Gasteiger partial charge in [0.15, 0.2) is 0 Å². The SMILES string of the molecule is Cc1cc(C)c(N)c(CCc2ccccc2)c1. The third kappa shape index (κ3) is 2.88. The second kappa shape index (κ2) is 5.05. The van der Waals surface area contributed by atoms with Crippen molar-refractivity contribution >= 4 is 5.69 Å². The van der Waals surface area contributed by atoms with Gasteiger partial charge in [-0.05, 0) is 43.4 Å². The van der Waals surface area contributed by atoms with Crippen molar-refractivity contribution in [2.24, 2.45) is 0 Å². The van der Waals surface area contributed by atoms with E-state index in [1.165, 1.54) is 22.3 Å². The number of nitrogen functional groups attached to an aromatic ring is 1. The van der Waals surface area contributed by atoms with Crippen molar-refractivity contribution in [2.45, 2.75) is 26.7 Å². The van der Waals surface area contributed by atoms with Crippen molar-refractivity contribution in [2.75, 3.05) is 5.73 Å². The summed E-state index contributed by atoms with van der Waals surface area (Å²) < 4.78 is 0. The molecular formula is C16H19N. The molecule has 88 valence electrons. The summed E-state index contributed by atoms with van der Waals surface area (Å²) in [5.74, 6) is 0. The third-order valence-corrected chi connectivity index (χ3v) is 3.14. The summed E-state index contributed by atoms with van der Waals surface area (Å²) >= 11 is 0. The summed E-state index contributed by atoms with van der Waals surface area (Å²) in [7, 11) is 0. The molecule has 0 amide bonds. The van der Waals surface area contributed by atoms with Gasteiger partial charge in [-0.25, -0.2) is 0 Å². The maximum atomic E-state index is 6.12. The Bertz CT molecular complexity index is 500. The molecule has 0 radical (unpaired) electrons. The van der Waals surface area contributed by atoms with Crippen molar-refractivity contribution in [3.05, 3.63) is 64.7 Å². The van der Waals surface area contributed by atoms with E-state index in [2.05, 4.69) is 56.3 Å². The predicted molar refractivity (Wildman–Crippen MR) is 74.2 cm³/mol. The van der Waals surface area contributed by atoms with Gasteiger partial charge in [-0.3, -0.25) is 0 Å². The lowest BCUT2D eigenvalue weighted by molar-refractivity contribution is 0.959. The van der Waals surface area contributed by atoms with Crippen molar-refractivity contribution < 1.29 is 0 Å². The Balaban J connectivity index is 2.14. The average Bonchev–Trinajstić information content (AvgIpc) is 2.33. The van der Waals surface area contributed by atoms with Crippen LogP contribution in [-0.2, 0) is 12.8 Å². The van der Waals surface area contributed by atoms with Crippen LogP contribution in [-0.4, -0.2) is 0 Å². The van der Waals surface area contributed by atoms with Crippen LogP contribution in [0.2, 0.25) is 0 Å². The lowest BCUT2D eigenvalue weighted by atomic mass is 9.98. The normalized spacial score (nSPS) is 10.5. The molecule has 0 unspecified atom stereocenters. The van der Waals surface area contributed by atoms with Crippen LogP contribution < -0.4 is 5.73 Å². The van der Waals surface area contributed by atoms with Crippen LogP contribution in [0.1, 0.15) is 22.3 Å². The maximum Gasteiger partial charge on any atom is 0.0376 e. The highest BCUT2D eigenvalue weighted by Gasteiger charge is 2.03. The number of rotatable bonds is 3. The quantitative estimate of drug-likeness (QED) is 0.792. The molecule has 0 saturated heterocycles. The molecule has 2 aromatic rings. The van der Waals surface area contributed by atoms with Crippen LogP contribution in [0, 0.1) is 13.8 Å². The van der Waals surface area contributed by atoms with Gasteiger partial charge in [-0.1, -0.05) is 48.0 Å². The molecular weight excluding hydrogens is 206 g/mol. The first kappa shape index (κ1) is 11.7. The molecule has 0 aliphatic rings. The highest BCUT2D eigenvalue weighted by molar-refractivity contribution is 5.55. The van der Waals surface area contributed by atoms with Crippen molar-refractivity contribution in [1.82, 2.24) is 0 Å². The smallest absolute Gasteiger partial charge is 0.0376 e. The van der Waals surface area contributed by atoms with Crippen LogP contribution in [0.3, 0.4) is 0 Å². The molecule has 0 atom stereocenters. The Morgan fingerprint density at radius 3 is 2.35 bits per heavy atom. The highest BCUT2D eigenvalue weighted by Crippen LogP contribution is 2.21. The standard InChI is InChI=1S/C16H19N/c1-12-10-13(2)16(17)15(11-12)9-8-14-6-4-3-5-7-14/h3-7,10-11H,8-9,17H2,1-2H3. The molecule has 2 N–H and O–H groups in total. The summed E-state index contributed by atoms with van der Waals surface area (Å²) in [6.45, 7) is 4.20. The van der Waals surface area contributed by atoms with E-state index in [4.69, 9.17) is 5.73 Å². The molecule has 2 aromatic carbocycles. The van der Waals surface area contributed by atoms with E-state index in [1.807, 2.05) is 0 Å². The molecule has 0 saturated carbocycles.